The number of likely N-dealkylation sites (tertiary alicyclic amines) is 1. The first-order chi connectivity index (χ1) is 13.0. The molecule has 0 bridgehead atoms. The van der Waals surface area contributed by atoms with E-state index in [9.17, 15) is 9.59 Å². The molecule has 1 aliphatic heterocycles. The first-order valence-corrected chi connectivity index (χ1v) is 9.49. The van der Waals surface area contributed by atoms with Crippen LogP contribution in [0, 0.1) is 18.3 Å². The van der Waals surface area contributed by atoms with Gasteiger partial charge in [0.2, 0.25) is 5.91 Å². The lowest BCUT2D eigenvalue weighted by Gasteiger charge is -2.19. The number of amides is 2. The minimum Gasteiger partial charge on any atom is -0.340 e. The van der Waals surface area contributed by atoms with Crippen molar-refractivity contribution in [1.29, 1.82) is 0 Å². The van der Waals surface area contributed by atoms with Gasteiger partial charge in [-0.1, -0.05) is 23.8 Å². The Balaban J connectivity index is 1.37. The van der Waals surface area contributed by atoms with Crippen molar-refractivity contribution in [3.63, 3.8) is 0 Å². The zero-order valence-corrected chi connectivity index (χ0v) is 15.9. The van der Waals surface area contributed by atoms with Gasteiger partial charge in [-0.05, 0) is 44.0 Å². The van der Waals surface area contributed by atoms with E-state index in [4.69, 9.17) is 0 Å². The molecule has 0 unspecified atom stereocenters. The van der Waals surface area contributed by atoms with Crippen LogP contribution in [0.15, 0.2) is 48.7 Å². The van der Waals surface area contributed by atoms with Crippen molar-refractivity contribution in [2.24, 2.45) is 11.3 Å². The summed E-state index contributed by atoms with van der Waals surface area (Å²) in [5.74, 6) is 0.277. The van der Waals surface area contributed by atoms with Crippen molar-refractivity contribution in [3.8, 4) is 0 Å². The van der Waals surface area contributed by atoms with Gasteiger partial charge in [-0.25, -0.2) is 0 Å². The maximum absolute atomic E-state index is 12.8. The summed E-state index contributed by atoms with van der Waals surface area (Å²) in [7, 11) is 1.84. The number of carbonyl (C=O) groups excluding carboxylic acids is 2. The van der Waals surface area contributed by atoms with Gasteiger partial charge in [-0.2, -0.15) is 0 Å². The van der Waals surface area contributed by atoms with Gasteiger partial charge in [0.15, 0.2) is 0 Å². The number of hydrogen-bond acceptors (Lipinski definition) is 3. The maximum Gasteiger partial charge on any atom is 0.253 e. The van der Waals surface area contributed by atoms with Crippen molar-refractivity contribution in [3.05, 3.63) is 65.5 Å². The molecule has 5 nitrogen and oxygen atoms in total. The second-order valence-corrected chi connectivity index (χ2v) is 7.98. The molecule has 2 fully saturated rings. The number of nitrogens with zero attached hydrogens (tertiary/aromatic N) is 3. The van der Waals surface area contributed by atoms with E-state index in [1.807, 2.05) is 61.3 Å². The molecule has 5 heteroatoms. The van der Waals surface area contributed by atoms with Crippen LogP contribution in [-0.2, 0) is 11.3 Å². The highest BCUT2D eigenvalue weighted by Gasteiger charge is 2.61. The predicted octanol–water partition coefficient (Wildman–Crippen LogP) is 2.90. The standard InChI is InChI=1S/C22H25N3O2/c1-16-6-8-17(9-7-16)20(26)25-12-10-22(15-25)13-19(22)21(27)24(2)14-18-5-3-4-11-23-18/h3-9,11,19H,10,12-15H2,1-2H3/t19-,22+/m1/s1. The average molecular weight is 363 g/mol. The van der Waals surface area contributed by atoms with E-state index >= 15 is 0 Å². The fourth-order valence-corrected chi connectivity index (χ4v) is 4.17. The van der Waals surface area contributed by atoms with Gasteiger partial charge in [0, 0.05) is 43.2 Å². The monoisotopic (exact) mass is 363 g/mol. The lowest BCUT2D eigenvalue weighted by Crippen LogP contribution is -2.32. The quantitative estimate of drug-likeness (QED) is 0.839. The third-order valence-electron chi connectivity index (χ3n) is 5.96. The number of pyridine rings is 1. The second kappa shape index (κ2) is 6.80. The van der Waals surface area contributed by atoms with Gasteiger partial charge >= 0.3 is 0 Å². The second-order valence-electron chi connectivity index (χ2n) is 7.98. The molecule has 1 saturated heterocycles. The van der Waals surface area contributed by atoms with Crippen LogP contribution in [0.4, 0.5) is 0 Å². The molecular formula is C22H25N3O2. The topological polar surface area (TPSA) is 53.5 Å². The number of rotatable bonds is 4. The largest absolute Gasteiger partial charge is 0.340 e. The predicted molar refractivity (Wildman–Crippen MR) is 103 cm³/mol. The van der Waals surface area contributed by atoms with E-state index in [2.05, 4.69) is 4.98 Å². The SMILES string of the molecule is Cc1ccc(C(=O)N2CC[C@]3(C[C@@H]3C(=O)N(C)Cc3ccccn3)C2)cc1. The molecule has 2 amide bonds. The van der Waals surface area contributed by atoms with Crippen molar-refractivity contribution in [1.82, 2.24) is 14.8 Å². The Kier molecular flexibility index (Phi) is 4.46. The molecule has 2 aromatic rings. The van der Waals surface area contributed by atoms with E-state index in [0.717, 1.165) is 36.2 Å². The number of carbonyl (C=O) groups is 2. The highest BCUT2D eigenvalue weighted by atomic mass is 16.2. The molecule has 140 valence electrons. The van der Waals surface area contributed by atoms with Crippen LogP contribution in [0.5, 0.6) is 0 Å². The number of aromatic nitrogens is 1. The van der Waals surface area contributed by atoms with E-state index in [0.29, 0.717) is 13.1 Å². The van der Waals surface area contributed by atoms with E-state index < -0.39 is 0 Å². The van der Waals surface area contributed by atoms with Crippen LogP contribution in [0.3, 0.4) is 0 Å². The molecule has 1 aliphatic carbocycles. The molecule has 4 rings (SSSR count). The maximum atomic E-state index is 12.8. The minimum atomic E-state index is -0.0180. The summed E-state index contributed by atoms with van der Waals surface area (Å²) in [6.45, 7) is 3.97. The highest BCUT2D eigenvalue weighted by Crippen LogP contribution is 2.59. The van der Waals surface area contributed by atoms with Crippen LogP contribution in [-0.4, -0.2) is 46.7 Å². The summed E-state index contributed by atoms with van der Waals surface area (Å²) in [5.41, 5.74) is 2.75. The number of aryl methyl sites for hydroxylation is 1. The van der Waals surface area contributed by atoms with Gasteiger partial charge < -0.3 is 9.80 Å². The first kappa shape index (κ1) is 17.7. The lowest BCUT2D eigenvalue weighted by molar-refractivity contribution is -0.132. The molecule has 1 aromatic carbocycles. The highest BCUT2D eigenvalue weighted by molar-refractivity contribution is 5.94. The molecule has 0 N–H and O–H groups in total. The summed E-state index contributed by atoms with van der Waals surface area (Å²) >= 11 is 0. The van der Waals surface area contributed by atoms with Gasteiger partial charge in [-0.3, -0.25) is 14.6 Å². The Morgan fingerprint density at radius 1 is 1.22 bits per heavy atom. The molecule has 2 aliphatic rings. The van der Waals surface area contributed by atoms with Gasteiger partial charge in [0.1, 0.15) is 0 Å². The molecule has 2 heterocycles. The van der Waals surface area contributed by atoms with Crippen molar-refractivity contribution < 1.29 is 9.59 Å². The third-order valence-corrected chi connectivity index (χ3v) is 5.96. The average Bonchev–Trinajstić information content (AvgIpc) is 3.21. The van der Waals surface area contributed by atoms with Crippen LogP contribution in [0.1, 0.15) is 34.5 Å². The fourth-order valence-electron chi connectivity index (χ4n) is 4.17. The summed E-state index contributed by atoms with van der Waals surface area (Å²) < 4.78 is 0. The smallest absolute Gasteiger partial charge is 0.253 e. The number of benzene rings is 1. The van der Waals surface area contributed by atoms with Crippen LogP contribution in [0.25, 0.3) is 0 Å². The molecule has 27 heavy (non-hydrogen) atoms. The Hall–Kier alpha value is -2.69. The minimum absolute atomic E-state index is 0.0180. The molecule has 0 radical (unpaired) electrons. The van der Waals surface area contributed by atoms with E-state index in [1.54, 1.807) is 11.1 Å². The molecule has 1 aromatic heterocycles. The summed E-state index contributed by atoms with van der Waals surface area (Å²) in [4.78, 5) is 33.6. The number of hydrogen-bond donors (Lipinski definition) is 0. The van der Waals surface area contributed by atoms with E-state index in [-0.39, 0.29) is 23.1 Å². The first-order valence-electron chi connectivity index (χ1n) is 9.49. The summed E-state index contributed by atoms with van der Waals surface area (Å²) in [5, 5.41) is 0. The molecular weight excluding hydrogens is 338 g/mol. The summed E-state index contributed by atoms with van der Waals surface area (Å²) in [6, 6.07) is 13.5. The Morgan fingerprint density at radius 3 is 2.70 bits per heavy atom. The molecule has 1 spiro atoms. The van der Waals surface area contributed by atoms with Gasteiger partial charge in [0.05, 0.1) is 12.2 Å². The van der Waals surface area contributed by atoms with Gasteiger partial charge in [-0.15, -0.1) is 0 Å². The Labute approximate surface area is 160 Å². The van der Waals surface area contributed by atoms with Gasteiger partial charge in [0.25, 0.3) is 5.91 Å². The van der Waals surface area contributed by atoms with Crippen LogP contribution < -0.4 is 0 Å². The fraction of sp³-hybridized carbons (Fsp3) is 0.409. The summed E-state index contributed by atoms with van der Waals surface area (Å²) in [6.07, 6.45) is 3.55. The lowest BCUT2D eigenvalue weighted by atomic mass is 10.0. The van der Waals surface area contributed by atoms with Crippen molar-refractivity contribution >= 4 is 11.8 Å². The zero-order valence-electron chi connectivity index (χ0n) is 15.9. The van der Waals surface area contributed by atoms with Crippen LogP contribution >= 0.6 is 0 Å². The normalized spacial score (nSPS) is 23.5. The van der Waals surface area contributed by atoms with Crippen LogP contribution in [0.2, 0.25) is 0 Å². The third kappa shape index (κ3) is 3.46. The zero-order chi connectivity index (χ0) is 19.0. The van der Waals surface area contributed by atoms with E-state index in [1.165, 1.54) is 0 Å². The molecule has 2 atom stereocenters. The Bertz CT molecular complexity index is 850. The Morgan fingerprint density at radius 2 is 2.00 bits per heavy atom. The van der Waals surface area contributed by atoms with Crippen molar-refractivity contribution in [2.75, 3.05) is 20.1 Å². The molecule has 1 saturated carbocycles. The van der Waals surface area contributed by atoms with Crippen molar-refractivity contribution in [2.45, 2.75) is 26.3 Å².